The maximum Gasteiger partial charge on any atom is 0.174 e. The topological polar surface area (TPSA) is 55.5 Å². The molecule has 4 heterocycles. The van der Waals surface area contributed by atoms with Crippen molar-refractivity contribution >= 4 is 23.0 Å². The number of hydrogen-bond acceptors (Lipinski definition) is 4. The first-order chi connectivity index (χ1) is 15.2. The Labute approximate surface area is 186 Å². The summed E-state index contributed by atoms with van der Waals surface area (Å²) in [5.74, 6) is 1.68. The lowest BCUT2D eigenvalue weighted by molar-refractivity contribution is 0.414. The van der Waals surface area contributed by atoms with Gasteiger partial charge < -0.3 is 23.9 Å². The third-order valence-electron chi connectivity index (χ3n) is 5.50. The van der Waals surface area contributed by atoms with E-state index in [1.165, 1.54) is 0 Å². The van der Waals surface area contributed by atoms with Crippen molar-refractivity contribution in [3.8, 4) is 5.75 Å². The zero-order valence-electron chi connectivity index (χ0n) is 17.0. The highest BCUT2D eigenvalue weighted by Crippen LogP contribution is 2.42. The number of thiocarbonyl (C=S) groups is 1. The van der Waals surface area contributed by atoms with Crippen molar-refractivity contribution < 1.29 is 9.15 Å². The lowest BCUT2D eigenvalue weighted by Crippen LogP contribution is -2.30. The molecule has 0 aliphatic carbocycles. The van der Waals surface area contributed by atoms with Crippen LogP contribution in [0.1, 0.15) is 29.2 Å². The van der Waals surface area contributed by atoms with Crippen molar-refractivity contribution in [1.82, 2.24) is 14.9 Å². The van der Waals surface area contributed by atoms with Crippen LogP contribution in [-0.4, -0.2) is 21.8 Å². The summed E-state index contributed by atoms with van der Waals surface area (Å²) < 4.78 is 13.3. The number of aromatic nitrogens is 2. The molecule has 2 atom stereocenters. The summed E-state index contributed by atoms with van der Waals surface area (Å²) in [6.07, 6.45) is 5.58. The van der Waals surface area contributed by atoms with E-state index in [1.807, 2.05) is 60.8 Å². The number of pyridine rings is 1. The van der Waals surface area contributed by atoms with Crippen LogP contribution < -0.4 is 15.0 Å². The highest BCUT2D eigenvalue weighted by Gasteiger charge is 2.42. The molecular weight excluding hydrogens is 408 g/mol. The van der Waals surface area contributed by atoms with Crippen molar-refractivity contribution in [2.75, 3.05) is 12.0 Å². The highest BCUT2D eigenvalue weighted by atomic mass is 32.1. The smallest absolute Gasteiger partial charge is 0.174 e. The molecule has 1 aliphatic heterocycles. The number of benzene rings is 1. The van der Waals surface area contributed by atoms with Crippen LogP contribution in [0, 0.1) is 0 Å². The third kappa shape index (κ3) is 3.68. The Hall–Kier alpha value is -3.58. The van der Waals surface area contributed by atoms with Crippen molar-refractivity contribution in [2.24, 2.45) is 0 Å². The molecule has 5 rings (SSSR count). The largest absolute Gasteiger partial charge is 0.497 e. The summed E-state index contributed by atoms with van der Waals surface area (Å²) in [6, 6.07) is 21.8. The molecule has 7 heteroatoms. The van der Waals surface area contributed by atoms with Gasteiger partial charge in [0.05, 0.1) is 31.7 Å². The van der Waals surface area contributed by atoms with Crippen LogP contribution in [0.4, 0.5) is 5.69 Å². The van der Waals surface area contributed by atoms with Gasteiger partial charge in [-0.15, -0.1) is 0 Å². The van der Waals surface area contributed by atoms with Crippen molar-refractivity contribution in [3.05, 3.63) is 103 Å². The molecule has 1 fully saturated rings. The van der Waals surface area contributed by atoms with Crippen molar-refractivity contribution in [2.45, 2.75) is 18.6 Å². The molecule has 0 bridgehead atoms. The standard InChI is InChI=1S/C24H22N4O2S/c1-29-18-8-4-7-17(15-18)28-23(22(26-24(28)31)20-10-2-3-12-25-20)21-11-5-13-27(21)16-19-9-6-14-30-19/h2-15,22-23H,16H2,1H3,(H,26,31)/t22-,23+/m0/s1. The molecule has 1 aromatic carbocycles. The molecule has 6 nitrogen and oxygen atoms in total. The quantitative estimate of drug-likeness (QED) is 0.447. The molecule has 156 valence electrons. The van der Waals surface area contributed by atoms with Crippen LogP contribution in [0.2, 0.25) is 0 Å². The Balaban J connectivity index is 1.61. The third-order valence-corrected chi connectivity index (χ3v) is 5.82. The van der Waals surface area contributed by atoms with E-state index in [0.29, 0.717) is 11.7 Å². The van der Waals surface area contributed by atoms with Gasteiger partial charge in [0.15, 0.2) is 5.11 Å². The molecule has 1 saturated heterocycles. The van der Waals surface area contributed by atoms with Gasteiger partial charge in [0.1, 0.15) is 17.6 Å². The summed E-state index contributed by atoms with van der Waals surface area (Å²) in [4.78, 5) is 6.77. The van der Waals surface area contributed by atoms with Gasteiger partial charge in [-0.25, -0.2) is 0 Å². The monoisotopic (exact) mass is 430 g/mol. The molecule has 0 amide bonds. The summed E-state index contributed by atoms with van der Waals surface area (Å²) in [5, 5.41) is 4.15. The van der Waals surface area contributed by atoms with Crippen molar-refractivity contribution in [3.63, 3.8) is 0 Å². The van der Waals surface area contributed by atoms with Gasteiger partial charge in [0.2, 0.25) is 0 Å². The maximum atomic E-state index is 5.81. The number of hydrogen-bond donors (Lipinski definition) is 1. The molecule has 0 spiro atoms. The van der Waals surface area contributed by atoms with Gasteiger partial charge >= 0.3 is 0 Å². The summed E-state index contributed by atoms with van der Waals surface area (Å²) in [5.41, 5.74) is 3.01. The Kier molecular flexibility index (Phi) is 5.18. The van der Waals surface area contributed by atoms with E-state index in [9.17, 15) is 0 Å². The zero-order chi connectivity index (χ0) is 21.2. The van der Waals surface area contributed by atoms with Crippen LogP contribution in [0.3, 0.4) is 0 Å². The molecular formula is C24H22N4O2S. The number of ether oxygens (including phenoxy) is 1. The predicted molar refractivity (Wildman–Crippen MR) is 123 cm³/mol. The number of furan rings is 1. The average molecular weight is 431 g/mol. The Morgan fingerprint density at radius 2 is 2.03 bits per heavy atom. The fourth-order valence-corrected chi connectivity index (χ4v) is 4.45. The minimum atomic E-state index is -0.106. The molecule has 1 aliphatic rings. The number of nitrogens with one attached hydrogen (secondary N) is 1. The van der Waals surface area contributed by atoms with Gasteiger partial charge in [-0.05, 0) is 60.7 Å². The highest BCUT2D eigenvalue weighted by molar-refractivity contribution is 7.80. The second-order valence-corrected chi connectivity index (χ2v) is 7.73. The van der Waals surface area contributed by atoms with Crippen LogP contribution >= 0.6 is 12.2 Å². The second-order valence-electron chi connectivity index (χ2n) is 7.34. The predicted octanol–water partition coefficient (Wildman–Crippen LogP) is 4.71. The first kappa shape index (κ1) is 19.4. The first-order valence-corrected chi connectivity index (χ1v) is 10.5. The Morgan fingerprint density at radius 1 is 1.10 bits per heavy atom. The van der Waals surface area contributed by atoms with Gasteiger partial charge in [-0.2, -0.15) is 0 Å². The van der Waals surface area contributed by atoms with E-state index in [-0.39, 0.29) is 12.1 Å². The normalized spacial score (nSPS) is 18.2. The maximum absolute atomic E-state index is 5.81. The van der Waals surface area contributed by atoms with Crippen LogP contribution in [0.5, 0.6) is 5.75 Å². The SMILES string of the molecule is COc1cccc(N2C(=S)N[C@@H](c3ccccn3)[C@H]2c2cccn2Cc2ccco2)c1. The van der Waals surface area contributed by atoms with E-state index >= 15 is 0 Å². The van der Waals surface area contributed by atoms with Gasteiger partial charge in [-0.3, -0.25) is 4.98 Å². The fourth-order valence-electron chi connectivity index (χ4n) is 4.10. The molecule has 31 heavy (non-hydrogen) atoms. The number of anilines is 1. The molecule has 0 unspecified atom stereocenters. The zero-order valence-corrected chi connectivity index (χ0v) is 17.8. The van der Waals surface area contributed by atoms with E-state index in [2.05, 4.69) is 38.1 Å². The average Bonchev–Trinajstić information content (AvgIpc) is 3.55. The lowest BCUT2D eigenvalue weighted by atomic mass is 10.0. The summed E-state index contributed by atoms with van der Waals surface area (Å²) in [7, 11) is 1.67. The van der Waals surface area contributed by atoms with E-state index in [4.69, 9.17) is 21.4 Å². The molecule has 4 aromatic rings. The summed E-state index contributed by atoms with van der Waals surface area (Å²) >= 11 is 5.81. The Morgan fingerprint density at radius 3 is 2.81 bits per heavy atom. The minimum absolute atomic E-state index is 0.0977. The van der Waals surface area contributed by atoms with E-state index in [1.54, 1.807) is 13.4 Å². The number of rotatable bonds is 6. The second kappa shape index (κ2) is 8.28. The molecule has 3 aromatic heterocycles. The molecule has 1 N–H and O–H groups in total. The van der Waals surface area contributed by atoms with Gasteiger partial charge in [0.25, 0.3) is 0 Å². The van der Waals surface area contributed by atoms with Gasteiger partial charge in [-0.1, -0.05) is 12.1 Å². The van der Waals surface area contributed by atoms with Crippen LogP contribution in [0.25, 0.3) is 0 Å². The van der Waals surface area contributed by atoms with Crippen LogP contribution in [0.15, 0.2) is 89.8 Å². The van der Waals surface area contributed by atoms with Crippen LogP contribution in [-0.2, 0) is 6.54 Å². The lowest BCUT2D eigenvalue weighted by Gasteiger charge is -2.29. The molecule has 0 radical (unpaired) electrons. The van der Waals surface area contributed by atoms with Gasteiger partial charge in [0, 0.05) is 29.8 Å². The van der Waals surface area contributed by atoms with E-state index < -0.39 is 0 Å². The number of methoxy groups -OCH3 is 1. The van der Waals surface area contributed by atoms with E-state index in [0.717, 1.165) is 28.6 Å². The Bertz CT molecular complexity index is 1170. The summed E-state index contributed by atoms with van der Waals surface area (Å²) in [6.45, 7) is 0.638. The fraction of sp³-hybridized carbons (Fsp3) is 0.167. The number of nitrogens with zero attached hydrogens (tertiary/aromatic N) is 3. The van der Waals surface area contributed by atoms with Crippen molar-refractivity contribution in [1.29, 1.82) is 0 Å². The minimum Gasteiger partial charge on any atom is -0.497 e. The molecule has 0 saturated carbocycles. The first-order valence-electron chi connectivity index (χ1n) is 10.1.